The molecule has 1 aliphatic heterocycles. The fourth-order valence-corrected chi connectivity index (χ4v) is 7.72. The summed E-state index contributed by atoms with van der Waals surface area (Å²) in [6.45, 7) is 5.56. The number of benzene rings is 3. The fourth-order valence-electron chi connectivity index (χ4n) is 6.34. The van der Waals surface area contributed by atoms with E-state index in [1.165, 1.54) is 49.8 Å². The number of methoxy groups -OCH3 is 1. The SMILES string of the molecule is COc1ccc2[nH]c(C)c(C(CCCS(=O)(=O)CC(=O)NCCCOc3cccc(CN4CCCC4)c3)C(=O)OC(=O)c3ccc(Cl)cc3)c2c1. The minimum atomic E-state index is -3.81. The smallest absolute Gasteiger partial charge is 0.345 e. The number of nitrogens with zero attached hydrogens (tertiary/aromatic N) is 1. The molecule has 2 heterocycles. The van der Waals surface area contributed by atoms with E-state index in [-0.39, 0.29) is 30.7 Å². The number of H-pyrrole nitrogens is 1. The van der Waals surface area contributed by atoms with Crippen LogP contribution < -0.4 is 14.8 Å². The average Bonchev–Trinajstić information content (AvgIpc) is 3.73. The van der Waals surface area contributed by atoms with E-state index in [1.807, 2.05) is 24.3 Å². The monoisotopic (exact) mass is 737 g/mol. The van der Waals surface area contributed by atoms with E-state index >= 15 is 0 Å². The maximum Gasteiger partial charge on any atom is 0.345 e. The summed E-state index contributed by atoms with van der Waals surface area (Å²) in [7, 11) is -2.28. The zero-order valence-electron chi connectivity index (χ0n) is 28.9. The third-order valence-electron chi connectivity index (χ3n) is 8.86. The van der Waals surface area contributed by atoms with Crippen LogP contribution in [0.4, 0.5) is 0 Å². The number of aromatic amines is 1. The number of halogens is 1. The molecule has 0 aliphatic carbocycles. The predicted molar refractivity (Wildman–Crippen MR) is 196 cm³/mol. The van der Waals surface area contributed by atoms with Gasteiger partial charge in [0.15, 0.2) is 9.84 Å². The van der Waals surface area contributed by atoms with Crippen molar-refractivity contribution in [2.75, 3.05) is 44.9 Å². The number of carbonyl (C=O) groups is 3. The van der Waals surface area contributed by atoms with Crippen molar-refractivity contribution in [1.82, 2.24) is 15.2 Å². The van der Waals surface area contributed by atoms with E-state index in [0.717, 1.165) is 30.9 Å². The van der Waals surface area contributed by atoms with Crippen molar-refractivity contribution >= 4 is 50.2 Å². The van der Waals surface area contributed by atoms with Gasteiger partial charge in [0.25, 0.3) is 0 Å². The summed E-state index contributed by atoms with van der Waals surface area (Å²) in [5.74, 6) is -2.95. The highest BCUT2D eigenvalue weighted by molar-refractivity contribution is 7.92. The quantitative estimate of drug-likeness (QED) is 0.0760. The molecule has 1 unspecified atom stereocenters. The Morgan fingerprint density at radius 3 is 2.49 bits per heavy atom. The van der Waals surface area contributed by atoms with Crippen LogP contribution in [-0.4, -0.2) is 81.0 Å². The number of esters is 2. The molecule has 2 N–H and O–H groups in total. The molecule has 1 atom stereocenters. The van der Waals surface area contributed by atoms with Crippen LogP contribution in [0.3, 0.4) is 0 Å². The van der Waals surface area contributed by atoms with Gasteiger partial charge in [0.1, 0.15) is 17.3 Å². The molecule has 0 spiro atoms. The van der Waals surface area contributed by atoms with E-state index in [1.54, 1.807) is 19.1 Å². The number of aryl methyl sites for hydroxylation is 1. The number of rotatable bonds is 17. The second-order valence-corrected chi connectivity index (χ2v) is 15.4. The Balaban J connectivity index is 1.14. The fraction of sp³-hybridized carbons (Fsp3) is 0.395. The van der Waals surface area contributed by atoms with Gasteiger partial charge in [-0.3, -0.25) is 14.5 Å². The standard InChI is InChI=1S/C38H44ClN3O8S/c1-26-36(33-23-30(48-2)15-16-34(33)41-26)32(38(45)50-37(44)28-11-13-29(39)14-12-28)10-6-21-51(46,47)25-35(43)40-17-7-20-49-31-9-5-8-27(22-31)24-42-18-3-4-19-42/h5,8-9,11-16,22-23,32,41H,3-4,6-7,10,17-21,24-25H2,1-2H3,(H,40,43). The van der Waals surface area contributed by atoms with Gasteiger partial charge in [-0.1, -0.05) is 23.7 Å². The lowest BCUT2D eigenvalue weighted by molar-refractivity contribution is -0.140. The number of ether oxygens (including phenoxy) is 3. The number of fused-ring (bicyclic) bond motifs is 1. The van der Waals surface area contributed by atoms with Crippen molar-refractivity contribution < 1.29 is 37.0 Å². The minimum Gasteiger partial charge on any atom is -0.497 e. The van der Waals surface area contributed by atoms with Crippen molar-refractivity contribution in [3.8, 4) is 11.5 Å². The van der Waals surface area contributed by atoms with Gasteiger partial charge in [0, 0.05) is 34.7 Å². The third kappa shape index (κ3) is 10.8. The van der Waals surface area contributed by atoms with Crippen LogP contribution in [0, 0.1) is 6.92 Å². The molecular formula is C38H44ClN3O8S. The Morgan fingerprint density at radius 1 is 0.980 bits per heavy atom. The average molecular weight is 738 g/mol. The van der Waals surface area contributed by atoms with Gasteiger partial charge in [-0.2, -0.15) is 0 Å². The predicted octanol–water partition coefficient (Wildman–Crippen LogP) is 5.98. The number of hydrogen-bond acceptors (Lipinski definition) is 9. The molecular weight excluding hydrogens is 694 g/mol. The number of nitrogens with one attached hydrogen (secondary N) is 2. The first-order valence-electron chi connectivity index (χ1n) is 17.1. The largest absolute Gasteiger partial charge is 0.497 e. The second kappa shape index (κ2) is 17.7. The number of carbonyl (C=O) groups excluding carboxylic acids is 3. The lowest BCUT2D eigenvalue weighted by Gasteiger charge is -2.17. The van der Waals surface area contributed by atoms with Crippen LogP contribution in [0.5, 0.6) is 11.5 Å². The molecule has 1 aromatic heterocycles. The van der Waals surface area contributed by atoms with Gasteiger partial charge >= 0.3 is 11.9 Å². The van der Waals surface area contributed by atoms with Gasteiger partial charge < -0.3 is 24.5 Å². The molecule has 0 bridgehead atoms. The molecule has 11 nitrogen and oxygen atoms in total. The van der Waals surface area contributed by atoms with Gasteiger partial charge in [-0.25, -0.2) is 13.2 Å². The summed E-state index contributed by atoms with van der Waals surface area (Å²) in [5.41, 5.74) is 3.32. The first-order chi connectivity index (χ1) is 24.5. The van der Waals surface area contributed by atoms with Crippen LogP contribution in [0.15, 0.2) is 66.7 Å². The Morgan fingerprint density at radius 2 is 1.75 bits per heavy atom. The Hall–Kier alpha value is -4.39. The van der Waals surface area contributed by atoms with Crippen molar-refractivity contribution in [3.05, 3.63) is 94.1 Å². The van der Waals surface area contributed by atoms with Crippen LogP contribution >= 0.6 is 11.6 Å². The molecule has 0 radical (unpaired) electrons. The highest BCUT2D eigenvalue weighted by Gasteiger charge is 2.30. The molecule has 51 heavy (non-hydrogen) atoms. The topological polar surface area (TPSA) is 144 Å². The zero-order valence-corrected chi connectivity index (χ0v) is 30.5. The van der Waals surface area contributed by atoms with Gasteiger partial charge in [0.05, 0.1) is 31.0 Å². The van der Waals surface area contributed by atoms with Crippen molar-refractivity contribution in [1.29, 1.82) is 0 Å². The first kappa shape index (κ1) is 37.9. The molecule has 5 rings (SSSR count). The van der Waals surface area contributed by atoms with E-state index < -0.39 is 39.4 Å². The summed E-state index contributed by atoms with van der Waals surface area (Å²) in [6.07, 6.45) is 3.07. The summed E-state index contributed by atoms with van der Waals surface area (Å²) in [6, 6.07) is 19.3. The number of amides is 1. The number of hydrogen-bond donors (Lipinski definition) is 2. The van der Waals surface area contributed by atoms with Crippen LogP contribution in [0.25, 0.3) is 10.9 Å². The van der Waals surface area contributed by atoms with E-state index in [2.05, 4.69) is 21.3 Å². The van der Waals surface area contributed by atoms with Crippen molar-refractivity contribution in [2.45, 2.75) is 51.5 Å². The maximum atomic E-state index is 13.6. The van der Waals surface area contributed by atoms with Gasteiger partial charge in [-0.15, -0.1) is 0 Å². The first-order valence-corrected chi connectivity index (χ1v) is 19.3. The molecule has 1 aliphatic rings. The number of likely N-dealkylation sites (tertiary alicyclic amines) is 1. The van der Waals surface area contributed by atoms with Crippen LogP contribution in [-0.2, 0) is 30.7 Å². The van der Waals surface area contributed by atoms with Gasteiger partial charge in [-0.05, 0) is 118 Å². The summed E-state index contributed by atoms with van der Waals surface area (Å²) in [4.78, 5) is 44.7. The van der Waals surface area contributed by atoms with Gasteiger partial charge in [0.2, 0.25) is 5.91 Å². The number of sulfone groups is 1. The highest BCUT2D eigenvalue weighted by Crippen LogP contribution is 2.35. The molecule has 3 aromatic carbocycles. The molecule has 1 fully saturated rings. The summed E-state index contributed by atoms with van der Waals surface area (Å²) in [5, 5.41) is 3.78. The molecule has 272 valence electrons. The molecule has 1 amide bonds. The highest BCUT2D eigenvalue weighted by atomic mass is 35.5. The summed E-state index contributed by atoms with van der Waals surface area (Å²) < 4.78 is 42.5. The van der Waals surface area contributed by atoms with E-state index in [4.69, 9.17) is 25.8 Å². The summed E-state index contributed by atoms with van der Waals surface area (Å²) >= 11 is 5.93. The van der Waals surface area contributed by atoms with E-state index in [0.29, 0.717) is 40.4 Å². The van der Waals surface area contributed by atoms with E-state index in [9.17, 15) is 22.8 Å². The maximum absolute atomic E-state index is 13.6. The Bertz CT molecular complexity index is 1940. The minimum absolute atomic E-state index is 0.0469. The molecule has 1 saturated heterocycles. The van der Waals surface area contributed by atoms with Crippen molar-refractivity contribution in [2.24, 2.45) is 0 Å². The van der Waals surface area contributed by atoms with Crippen LogP contribution in [0.1, 0.15) is 65.2 Å². The number of aromatic nitrogens is 1. The normalized spacial score (nSPS) is 13.9. The van der Waals surface area contributed by atoms with Crippen molar-refractivity contribution in [3.63, 3.8) is 0 Å². The van der Waals surface area contributed by atoms with Crippen LogP contribution in [0.2, 0.25) is 5.02 Å². The second-order valence-electron chi connectivity index (χ2n) is 12.8. The Labute approximate surface area is 303 Å². The lowest BCUT2D eigenvalue weighted by atomic mass is 9.92. The third-order valence-corrected chi connectivity index (χ3v) is 10.7. The Kier molecular flexibility index (Phi) is 13.1. The molecule has 13 heteroatoms. The molecule has 4 aromatic rings. The lowest BCUT2D eigenvalue weighted by Crippen LogP contribution is -2.32. The molecule has 0 saturated carbocycles. The zero-order chi connectivity index (χ0) is 36.4.